The molecule has 0 radical (unpaired) electrons. The molecule has 0 saturated carbocycles. The predicted molar refractivity (Wildman–Crippen MR) is 117 cm³/mol. The van der Waals surface area contributed by atoms with E-state index in [9.17, 15) is 27.6 Å². The van der Waals surface area contributed by atoms with E-state index >= 15 is 0 Å². The van der Waals surface area contributed by atoms with Gasteiger partial charge in [0.2, 0.25) is 11.7 Å². The van der Waals surface area contributed by atoms with Crippen LogP contribution in [0.1, 0.15) is 25.5 Å². The molecule has 0 bridgehead atoms. The predicted octanol–water partition coefficient (Wildman–Crippen LogP) is 3.33. The molecule has 1 aliphatic rings. The van der Waals surface area contributed by atoms with Gasteiger partial charge >= 0.3 is 12.1 Å². The number of carboxylic acid groups (broad SMARTS) is 1. The number of piperidine rings is 1. The number of amidine groups is 1. The highest BCUT2D eigenvalue weighted by atomic mass is 79.9. The van der Waals surface area contributed by atoms with E-state index < -0.39 is 18.0 Å². The van der Waals surface area contributed by atoms with Crippen LogP contribution >= 0.6 is 15.9 Å². The summed E-state index contributed by atoms with van der Waals surface area (Å²) < 4.78 is 50.0. The van der Waals surface area contributed by atoms with Gasteiger partial charge in [-0.15, -0.1) is 0 Å². The Kier molecular flexibility index (Phi) is 10.1. The first kappa shape index (κ1) is 28.1. The lowest BCUT2D eigenvalue weighted by Gasteiger charge is -2.30. The minimum Gasteiger partial charge on any atom is -0.475 e. The largest absolute Gasteiger partial charge is 0.490 e. The molecule has 192 valence electrons. The van der Waals surface area contributed by atoms with Gasteiger partial charge in [-0.05, 0) is 70.4 Å². The smallest absolute Gasteiger partial charge is 0.475 e. The summed E-state index contributed by atoms with van der Waals surface area (Å²) in [4.78, 5) is 27.9. The van der Waals surface area contributed by atoms with Crippen molar-refractivity contribution in [1.82, 2.24) is 20.7 Å². The van der Waals surface area contributed by atoms with Crippen LogP contribution in [0.3, 0.4) is 0 Å². The quantitative estimate of drug-likeness (QED) is 0.184. The van der Waals surface area contributed by atoms with Crippen molar-refractivity contribution in [2.24, 2.45) is 10.9 Å². The third-order valence-electron chi connectivity index (χ3n) is 4.77. The zero-order valence-corrected chi connectivity index (χ0v) is 19.7. The fourth-order valence-electron chi connectivity index (χ4n) is 3.02. The second-order valence-corrected chi connectivity index (χ2v) is 8.01. The first-order valence-electron chi connectivity index (χ1n) is 10.1. The van der Waals surface area contributed by atoms with Gasteiger partial charge in [-0.3, -0.25) is 15.5 Å². The summed E-state index contributed by atoms with van der Waals surface area (Å²) in [5.74, 6) is -3.63. The Labute approximate surface area is 204 Å². The Balaban J connectivity index is 0.000000540. The maximum Gasteiger partial charge on any atom is 0.490 e. The van der Waals surface area contributed by atoms with E-state index in [0.717, 1.165) is 25.9 Å². The van der Waals surface area contributed by atoms with Gasteiger partial charge < -0.3 is 15.3 Å². The number of benzene rings is 1. The van der Waals surface area contributed by atoms with Crippen molar-refractivity contribution in [3.8, 4) is 0 Å². The molecular formula is C19H21BrF4N6O5. The molecule has 16 heteroatoms. The number of likely N-dealkylation sites (tertiary alicyclic amines) is 1. The summed E-state index contributed by atoms with van der Waals surface area (Å²) >= 11 is 3.07. The zero-order valence-electron chi connectivity index (χ0n) is 18.1. The van der Waals surface area contributed by atoms with E-state index in [2.05, 4.69) is 48.4 Å². The number of nitrogens with zero attached hydrogens (tertiary/aromatic N) is 4. The van der Waals surface area contributed by atoms with Crippen molar-refractivity contribution in [2.45, 2.75) is 25.9 Å². The van der Waals surface area contributed by atoms with Crippen molar-refractivity contribution in [1.29, 1.82) is 0 Å². The van der Waals surface area contributed by atoms with Gasteiger partial charge in [0, 0.05) is 6.54 Å². The van der Waals surface area contributed by atoms with Crippen molar-refractivity contribution >= 4 is 45.1 Å². The number of anilines is 1. The van der Waals surface area contributed by atoms with Crippen LogP contribution in [0.5, 0.6) is 0 Å². The molecule has 1 unspecified atom stereocenters. The van der Waals surface area contributed by atoms with E-state index in [1.54, 1.807) is 0 Å². The van der Waals surface area contributed by atoms with E-state index in [1.165, 1.54) is 18.2 Å². The molecule has 1 fully saturated rings. The lowest BCUT2D eigenvalue weighted by Crippen LogP contribution is -2.40. The maximum absolute atomic E-state index is 13.4. The van der Waals surface area contributed by atoms with Crippen LogP contribution in [0, 0.1) is 11.7 Å². The van der Waals surface area contributed by atoms with E-state index in [0.29, 0.717) is 12.2 Å². The SMILES string of the molecule is CCN1CCCC(C(=O)Nc2nonc2C(=Nc2ccc(F)c(Br)c2)NO)C1.O=C(O)C(F)(F)F. The second kappa shape index (κ2) is 12.6. The van der Waals surface area contributed by atoms with Crippen LogP contribution < -0.4 is 10.8 Å². The van der Waals surface area contributed by atoms with Crippen LogP contribution in [0.15, 0.2) is 32.3 Å². The van der Waals surface area contributed by atoms with Gasteiger partial charge in [-0.1, -0.05) is 6.92 Å². The third-order valence-corrected chi connectivity index (χ3v) is 5.38. The number of rotatable bonds is 5. The number of hydroxylamine groups is 1. The average Bonchev–Trinajstić information content (AvgIpc) is 3.27. The third kappa shape index (κ3) is 8.25. The fraction of sp³-hybridized carbons (Fsp3) is 0.421. The van der Waals surface area contributed by atoms with Gasteiger partial charge in [0.25, 0.3) is 0 Å². The average molecular weight is 569 g/mol. The Morgan fingerprint density at radius 2 is 2.03 bits per heavy atom. The highest BCUT2D eigenvalue weighted by Crippen LogP contribution is 2.24. The molecule has 4 N–H and O–H groups in total. The first-order valence-corrected chi connectivity index (χ1v) is 10.9. The standard InChI is InChI=1S/C17H20BrFN6O3.C2HF3O2/c1-2-25-7-3-4-10(9-25)17(26)21-16-14(23-28-24-16)15(22-27)20-11-5-6-13(19)12(18)8-11;3-2(4,5)1(6)7/h5-6,8,10,27H,2-4,7,9H2,1H3,(H,20,22)(H,21,24,26);(H,6,7). The summed E-state index contributed by atoms with van der Waals surface area (Å²) in [6, 6.07) is 4.08. The summed E-state index contributed by atoms with van der Waals surface area (Å²) in [7, 11) is 0. The van der Waals surface area contributed by atoms with Crippen molar-refractivity contribution in [3.63, 3.8) is 0 Å². The molecule has 11 nitrogen and oxygen atoms in total. The van der Waals surface area contributed by atoms with Crippen LogP contribution in [0.4, 0.5) is 29.1 Å². The van der Waals surface area contributed by atoms with Gasteiger partial charge in [0.15, 0.2) is 11.5 Å². The highest BCUT2D eigenvalue weighted by Gasteiger charge is 2.38. The zero-order chi connectivity index (χ0) is 26.2. The molecule has 2 aromatic rings. The number of carboxylic acids is 1. The maximum atomic E-state index is 13.4. The molecule has 1 aliphatic heterocycles. The van der Waals surface area contributed by atoms with Crippen LogP contribution in [0.25, 0.3) is 0 Å². The molecule has 1 atom stereocenters. The highest BCUT2D eigenvalue weighted by molar-refractivity contribution is 9.10. The number of hydrogen-bond acceptors (Lipinski definition) is 8. The molecule has 1 saturated heterocycles. The number of amides is 1. The van der Waals surface area contributed by atoms with Crippen molar-refractivity contribution in [3.05, 3.63) is 34.2 Å². The molecule has 3 rings (SSSR count). The lowest BCUT2D eigenvalue weighted by molar-refractivity contribution is -0.192. The van der Waals surface area contributed by atoms with Gasteiger partial charge in [0.05, 0.1) is 16.1 Å². The molecule has 1 aromatic carbocycles. The normalized spacial score (nSPS) is 16.8. The molecule has 0 aliphatic carbocycles. The second-order valence-electron chi connectivity index (χ2n) is 7.16. The van der Waals surface area contributed by atoms with Gasteiger partial charge in [0.1, 0.15) is 5.82 Å². The first-order chi connectivity index (χ1) is 16.5. The number of nitrogens with one attached hydrogen (secondary N) is 2. The molecular weight excluding hydrogens is 548 g/mol. The summed E-state index contributed by atoms with van der Waals surface area (Å²) in [5, 5.41) is 26.7. The number of carbonyl (C=O) groups is 2. The van der Waals surface area contributed by atoms with Gasteiger partial charge in [-0.25, -0.2) is 18.8 Å². The van der Waals surface area contributed by atoms with Crippen molar-refractivity contribution in [2.75, 3.05) is 25.0 Å². The minimum absolute atomic E-state index is 0.0273. The number of halogens is 5. The number of hydrogen-bond donors (Lipinski definition) is 4. The van der Waals surface area contributed by atoms with Crippen LogP contribution in [0.2, 0.25) is 0 Å². The Morgan fingerprint density at radius 3 is 2.60 bits per heavy atom. The number of carbonyl (C=O) groups excluding carboxylic acids is 1. The lowest BCUT2D eigenvalue weighted by atomic mass is 9.97. The van der Waals surface area contributed by atoms with Gasteiger partial charge in [-0.2, -0.15) is 13.2 Å². The van der Waals surface area contributed by atoms with Crippen LogP contribution in [-0.4, -0.2) is 69.0 Å². The Morgan fingerprint density at radius 1 is 1.34 bits per heavy atom. The van der Waals surface area contributed by atoms with E-state index in [4.69, 9.17) is 14.5 Å². The van der Waals surface area contributed by atoms with E-state index in [-0.39, 0.29) is 33.6 Å². The Hall–Kier alpha value is -3.11. The molecule has 1 aromatic heterocycles. The molecule has 2 heterocycles. The molecule has 35 heavy (non-hydrogen) atoms. The van der Waals surface area contributed by atoms with E-state index in [1.807, 2.05) is 5.48 Å². The summed E-state index contributed by atoms with van der Waals surface area (Å²) in [6.07, 6.45) is -3.36. The molecule has 1 amide bonds. The fourth-order valence-corrected chi connectivity index (χ4v) is 3.38. The monoisotopic (exact) mass is 568 g/mol. The number of aromatic nitrogens is 2. The number of aliphatic carboxylic acids is 1. The topological polar surface area (TPSA) is 153 Å². The minimum atomic E-state index is -5.08. The van der Waals surface area contributed by atoms with Crippen molar-refractivity contribution < 1.29 is 42.1 Å². The Bertz CT molecular complexity index is 1060. The summed E-state index contributed by atoms with van der Waals surface area (Å²) in [6.45, 7) is 4.60. The summed E-state index contributed by atoms with van der Waals surface area (Å²) in [5.41, 5.74) is 2.29. The number of alkyl halides is 3. The van der Waals surface area contributed by atoms with Crippen LogP contribution in [-0.2, 0) is 9.59 Å². The number of aliphatic imine (C=N–C) groups is 1. The molecule has 0 spiro atoms.